The van der Waals surface area contributed by atoms with Crippen LogP contribution in [0, 0.1) is 6.92 Å². The number of ether oxygens (including phenoxy) is 2. The molecule has 140 valence electrons. The molecule has 1 aromatic carbocycles. The molecule has 0 bridgehead atoms. The average molecular weight is 392 g/mol. The summed E-state index contributed by atoms with van der Waals surface area (Å²) in [6, 6.07) is 15.8. The molecule has 0 atom stereocenters. The Kier molecular flexibility index (Phi) is 5.19. The Balaban J connectivity index is 1.97. The van der Waals surface area contributed by atoms with Gasteiger partial charge in [-0.3, -0.25) is 9.97 Å². The zero-order valence-corrected chi connectivity index (χ0v) is 16.3. The first kappa shape index (κ1) is 18.3. The van der Waals surface area contributed by atoms with Gasteiger partial charge in [0.05, 0.1) is 11.4 Å². The summed E-state index contributed by atoms with van der Waals surface area (Å²) in [6.45, 7) is 2.01. The second-order valence-corrected chi connectivity index (χ2v) is 6.66. The predicted molar refractivity (Wildman–Crippen MR) is 110 cm³/mol. The van der Waals surface area contributed by atoms with E-state index >= 15 is 0 Å². The Labute approximate surface area is 168 Å². The fraction of sp³-hybridized carbons (Fsp3) is 0.136. The molecule has 0 N–H and O–H groups in total. The Bertz CT molecular complexity index is 1140. The van der Waals surface area contributed by atoms with E-state index in [0.717, 1.165) is 33.3 Å². The summed E-state index contributed by atoms with van der Waals surface area (Å²) in [5, 5.41) is 2.33. The number of hydrogen-bond donors (Lipinski definition) is 0. The third-order valence-corrected chi connectivity index (χ3v) is 4.62. The van der Waals surface area contributed by atoms with Crippen molar-refractivity contribution in [2.45, 2.75) is 6.92 Å². The van der Waals surface area contributed by atoms with Gasteiger partial charge in [0.15, 0.2) is 17.7 Å². The van der Waals surface area contributed by atoms with Gasteiger partial charge in [0.1, 0.15) is 0 Å². The zero-order valence-electron chi connectivity index (χ0n) is 15.5. The molecule has 4 rings (SSSR count). The smallest absolute Gasteiger partial charge is 0.188 e. The SMILES string of the molecule is COCOc1c(-c2cncc3ccccc23)cc(-c2cccc(C)n2)nc1Cl. The molecule has 0 spiro atoms. The predicted octanol–water partition coefficient (Wildman–Crippen LogP) is 5.30. The van der Waals surface area contributed by atoms with Crippen molar-refractivity contribution in [3.63, 3.8) is 0 Å². The molecule has 3 heterocycles. The minimum absolute atomic E-state index is 0.0641. The summed E-state index contributed by atoms with van der Waals surface area (Å²) in [7, 11) is 1.56. The van der Waals surface area contributed by atoms with Crippen molar-refractivity contribution in [1.82, 2.24) is 15.0 Å². The Hall–Kier alpha value is -3.02. The molecular formula is C22H18ClN3O2. The van der Waals surface area contributed by atoms with E-state index in [1.54, 1.807) is 13.3 Å². The van der Waals surface area contributed by atoms with E-state index in [1.807, 2.05) is 61.7 Å². The number of nitrogens with zero attached hydrogens (tertiary/aromatic N) is 3. The van der Waals surface area contributed by atoms with Crippen molar-refractivity contribution in [1.29, 1.82) is 0 Å². The molecule has 0 aliphatic heterocycles. The molecule has 0 radical (unpaired) electrons. The number of halogens is 1. The van der Waals surface area contributed by atoms with Crippen LogP contribution in [-0.2, 0) is 4.74 Å². The molecule has 5 nitrogen and oxygen atoms in total. The van der Waals surface area contributed by atoms with Crippen LogP contribution in [0.25, 0.3) is 33.3 Å². The lowest BCUT2D eigenvalue weighted by atomic mass is 10.00. The van der Waals surface area contributed by atoms with Gasteiger partial charge in [-0.05, 0) is 30.5 Å². The van der Waals surface area contributed by atoms with Crippen LogP contribution in [0.3, 0.4) is 0 Å². The molecular weight excluding hydrogens is 374 g/mol. The van der Waals surface area contributed by atoms with Crippen molar-refractivity contribution in [2.24, 2.45) is 0 Å². The normalized spacial score (nSPS) is 11.0. The van der Waals surface area contributed by atoms with Gasteiger partial charge in [-0.15, -0.1) is 0 Å². The van der Waals surface area contributed by atoms with E-state index in [0.29, 0.717) is 11.4 Å². The molecule has 28 heavy (non-hydrogen) atoms. The highest BCUT2D eigenvalue weighted by atomic mass is 35.5. The lowest BCUT2D eigenvalue weighted by molar-refractivity contribution is 0.0513. The average Bonchev–Trinajstić information content (AvgIpc) is 2.72. The standard InChI is InChI=1S/C22H18ClN3O2/c1-14-6-5-9-19(25-14)20-10-17(21(22(23)26-20)28-13-27-2)18-12-24-11-15-7-3-4-8-16(15)18/h3-12H,13H2,1-2H3. The molecule has 0 aliphatic carbocycles. The van der Waals surface area contributed by atoms with Crippen molar-refractivity contribution in [3.05, 3.63) is 71.8 Å². The van der Waals surface area contributed by atoms with Crippen LogP contribution in [0.2, 0.25) is 5.15 Å². The van der Waals surface area contributed by atoms with Crippen LogP contribution < -0.4 is 4.74 Å². The number of pyridine rings is 3. The fourth-order valence-corrected chi connectivity index (χ4v) is 3.35. The molecule has 0 fully saturated rings. The lowest BCUT2D eigenvalue weighted by Crippen LogP contribution is -2.03. The highest BCUT2D eigenvalue weighted by Crippen LogP contribution is 2.40. The van der Waals surface area contributed by atoms with Crippen molar-refractivity contribution >= 4 is 22.4 Å². The number of fused-ring (bicyclic) bond motifs is 1. The second kappa shape index (κ2) is 7.92. The number of hydrogen-bond acceptors (Lipinski definition) is 5. The third-order valence-electron chi connectivity index (χ3n) is 4.36. The monoisotopic (exact) mass is 391 g/mol. The molecule has 0 saturated heterocycles. The van der Waals surface area contributed by atoms with E-state index in [9.17, 15) is 0 Å². The summed E-state index contributed by atoms with van der Waals surface area (Å²) >= 11 is 6.52. The Morgan fingerprint density at radius 1 is 0.929 bits per heavy atom. The first-order valence-electron chi connectivity index (χ1n) is 8.77. The van der Waals surface area contributed by atoms with Gasteiger partial charge in [0, 0.05) is 41.7 Å². The molecule has 0 saturated carbocycles. The molecule has 0 amide bonds. The number of aryl methyl sites for hydroxylation is 1. The van der Waals surface area contributed by atoms with E-state index in [4.69, 9.17) is 21.1 Å². The van der Waals surface area contributed by atoms with Crippen molar-refractivity contribution in [3.8, 4) is 28.3 Å². The van der Waals surface area contributed by atoms with Crippen LogP contribution >= 0.6 is 11.6 Å². The van der Waals surface area contributed by atoms with Gasteiger partial charge in [-0.2, -0.15) is 0 Å². The number of rotatable bonds is 5. The first-order valence-corrected chi connectivity index (χ1v) is 9.14. The number of methoxy groups -OCH3 is 1. The topological polar surface area (TPSA) is 57.1 Å². The van der Waals surface area contributed by atoms with E-state index in [1.165, 1.54) is 0 Å². The minimum atomic E-state index is 0.0641. The second-order valence-electron chi connectivity index (χ2n) is 6.30. The first-order chi connectivity index (χ1) is 13.7. The maximum atomic E-state index is 6.52. The maximum absolute atomic E-state index is 6.52. The quantitative estimate of drug-likeness (QED) is 0.341. The van der Waals surface area contributed by atoms with Crippen LogP contribution in [0.4, 0.5) is 0 Å². The largest absolute Gasteiger partial charge is 0.464 e. The number of aromatic nitrogens is 3. The van der Waals surface area contributed by atoms with E-state index in [2.05, 4.69) is 15.0 Å². The molecule has 4 aromatic rings. The van der Waals surface area contributed by atoms with Gasteiger partial charge < -0.3 is 9.47 Å². The maximum Gasteiger partial charge on any atom is 0.188 e. The zero-order chi connectivity index (χ0) is 19.5. The van der Waals surface area contributed by atoms with Gasteiger partial charge in [0.25, 0.3) is 0 Å². The van der Waals surface area contributed by atoms with Gasteiger partial charge in [0.2, 0.25) is 0 Å². The highest BCUT2D eigenvalue weighted by molar-refractivity contribution is 6.31. The molecule has 3 aromatic heterocycles. The van der Waals surface area contributed by atoms with Crippen LogP contribution in [0.15, 0.2) is 60.9 Å². The van der Waals surface area contributed by atoms with Gasteiger partial charge in [-0.25, -0.2) is 4.98 Å². The fourth-order valence-electron chi connectivity index (χ4n) is 3.11. The van der Waals surface area contributed by atoms with Crippen LogP contribution in [-0.4, -0.2) is 28.9 Å². The summed E-state index contributed by atoms with van der Waals surface area (Å²) in [4.78, 5) is 13.5. The summed E-state index contributed by atoms with van der Waals surface area (Å²) in [5.41, 5.74) is 4.02. The Morgan fingerprint density at radius 3 is 2.61 bits per heavy atom. The van der Waals surface area contributed by atoms with Crippen molar-refractivity contribution in [2.75, 3.05) is 13.9 Å². The van der Waals surface area contributed by atoms with E-state index in [-0.39, 0.29) is 11.9 Å². The highest BCUT2D eigenvalue weighted by Gasteiger charge is 2.18. The molecule has 6 heteroatoms. The summed E-state index contributed by atoms with van der Waals surface area (Å²) in [5.74, 6) is 0.457. The third kappa shape index (κ3) is 3.54. The van der Waals surface area contributed by atoms with Crippen molar-refractivity contribution < 1.29 is 9.47 Å². The van der Waals surface area contributed by atoms with Gasteiger partial charge in [-0.1, -0.05) is 41.9 Å². The Morgan fingerprint density at radius 2 is 1.79 bits per heavy atom. The molecule has 0 aliphatic rings. The minimum Gasteiger partial charge on any atom is -0.464 e. The molecule has 0 unspecified atom stereocenters. The van der Waals surface area contributed by atoms with E-state index < -0.39 is 0 Å². The summed E-state index contributed by atoms with van der Waals surface area (Å²) < 4.78 is 10.8. The number of benzene rings is 1. The van der Waals surface area contributed by atoms with Crippen LogP contribution in [0.5, 0.6) is 5.75 Å². The van der Waals surface area contributed by atoms with Crippen LogP contribution in [0.1, 0.15) is 5.69 Å². The summed E-state index contributed by atoms with van der Waals surface area (Å²) in [6.07, 6.45) is 3.64. The lowest BCUT2D eigenvalue weighted by Gasteiger charge is -2.15. The van der Waals surface area contributed by atoms with Gasteiger partial charge >= 0.3 is 0 Å².